The molecule has 2 saturated heterocycles. The molecule has 16 heavy (non-hydrogen) atoms. The number of hydrogen-bond donors (Lipinski definition) is 1. The summed E-state index contributed by atoms with van der Waals surface area (Å²) < 4.78 is 7.94. The van der Waals surface area contributed by atoms with E-state index in [1.54, 1.807) is 0 Å². The molecule has 88 valence electrons. The van der Waals surface area contributed by atoms with Crippen LogP contribution in [0.3, 0.4) is 0 Å². The maximum absolute atomic E-state index is 5.67. The van der Waals surface area contributed by atoms with Gasteiger partial charge in [0.25, 0.3) is 0 Å². The van der Waals surface area contributed by atoms with Crippen molar-refractivity contribution in [2.45, 2.75) is 44.4 Å². The van der Waals surface area contributed by atoms with Crippen molar-refractivity contribution >= 4 is 0 Å². The van der Waals surface area contributed by atoms with Crippen LogP contribution in [0.15, 0.2) is 12.5 Å². The van der Waals surface area contributed by atoms with Crippen LogP contribution in [0.25, 0.3) is 0 Å². The van der Waals surface area contributed by atoms with Crippen LogP contribution in [-0.2, 0) is 11.3 Å². The molecule has 1 unspecified atom stereocenters. The fourth-order valence-electron chi connectivity index (χ4n) is 2.72. The Bertz CT molecular complexity index is 338. The number of aromatic nitrogens is 2. The Morgan fingerprint density at radius 3 is 3.19 bits per heavy atom. The van der Waals surface area contributed by atoms with Crippen molar-refractivity contribution in [1.82, 2.24) is 14.9 Å². The van der Waals surface area contributed by atoms with Crippen LogP contribution in [0, 0.1) is 0 Å². The SMILES string of the molecule is c1ncn(CC2CCCO2)c1[C@@H]1CCCN1. The van der Waals surface area contributed by atoms with Gasteiger partial charge in [-0.15, -0.1) is 0 Å². The molecular weight excluding hydrogens is 202 g/mol. The number of imidazole rings is 1. The Balaban J connectivity index is 1.71. The Labute approximate surface area is 96.0 Å². The van der Waals surface area contributed by atoms with Crippen molar-refractivity contribution in [2.75, 3.05) is 13.2 Å². The first kappa shape index (κ1) is 10.3. The molecule has 2 aliphatic rings. The molecule has 0 spiro atoms. The minimum absolute atomic E-state index is 0.398. The van der Waals surface area contributed by atoms with E-state index in [-0.39, 0.29) is 0 Å². The molecule has 0 aromatic carbocycles. The van der Waals surface area contributed by atoms with E-state index >= 15 is 0 Å². The molecule has 0 aliphatic carbocycles. The van der Waals surface area contributed by atoms with Crippen LogP contribution in [0.1, 0.15) is 37.4 Å². The lowest BCUT2D eigenvalue weighted by atomic mass is 10.1. The lowest BCUT2D eigenvalue weighted by Gasteiger charge is -2.16. The number of hydrogen-bond acceptors (Lipinski definition) is 3. The zero-order valence-electron chi connectivity index (χ0n) is 9.56. The zero-order valence-corrected chi connectivity index (χ0v) is 9.56. The molecule has 1 N–H and O–H groups in total. The highest BCUT2D eigenvalue weighted by molar-refractivity contribution is 5.07. The lowest BCUT2D eigenvalue weighted by molar-refractivity contribution is 0.0960. The zero-order chi connectivity index (χ0) is 10.8. The number of nitrogens with one attached hydrogen (secondary N) is 1. The van der Waals surface area contributed by atoms with Gasteiger partial charge in [-0.2, -0.15) is 0 Å². The molecule has 2 aliphatic heterocycles. The van der Waals surface area contributed by atoms with Gasteiger partial charge in [0, 0.05) is 18.8 Å². The van der Waals surface area contributed by atoms with Gasteiger partial charge in [-0.1, -0.05) is 0 Å². The number of ether oxygens (including phenoxy) is 1. The van der Waals surface area contributed by atoms with Crippen molar-refractivity contribution in [3.63, 3.8) is 0 Å². The highest BCUT2D eigenvalue weighted by Gasteiger charge is 2.22. The van der Waals surface area contributed by atoms with Gasteiger partial charge in [-0.25, -0.2) is 4.98 Å². The third-order valence-corrected chi connectivity index (χ3v) is 3.59. The molecule has 4 nitrogen and oxygen atoms in total. The third kappa shape index (κ3) is 1.99. The van der Waals surface area contributed by atoms with Crippen LogP contribution in [0.4, 0.5) is 0 Å². The van der Waals surface area contributed by atoms with Crippen molar-refractivity contribution in [3.8, 4) is 0 Å². The lowest BCUT2D eigenvalue weighted by Crippen LogP contribution is -2.21. The molecule has 2 fully saturated rings. The van der Waals surface area contributed by atoms with E-state index in [1.807, 2.05) is 12.5 Å². The van der Waals surface area contributed by atoms with Gasteiger partial charge < -0.3 is 14.6 Å². The first-order valence-corrected chi connectivity index (χ1v) is 6.28. The maximum Gasteiger partial charge on any atom is 0.0949 e. The molecule has 0 amide bonds. The van der Waals surface area contributed by atoms with Crippen LogP contribution in [0.2, 0.25) is 0 Å². The van der Waals surface area contributed by atoms with Crippen molar-refractivity contribution in [1.29, 1.82) is 0 Å². The summed E-state index contributed by atoms with van der Waals surface area (Å²) in [7, 11) is 0. The average molecular weight is 221 g/mol. The Kier molecular flexibility index (Phi) is 2.93. The standard InChI is InChI=1S/C12H19N3O/c1-4-11(14-5-1)12-7-13-9-15(12)8-10-3-2-6-16-10/h7,9-11,14H,1-6,8H2/t10?,11-/m0/s1. The fourth-order valence-corrected chi connectivity index (χ4v) is 2.72. The predicted molar refractivity (Wildman–Crippen MR) is 61.2 cm³/mol. The van der Waals surface area contributed by atoms with Gasteiger partial charge in [0.05, 0.1) is 24.7 Å². The van der Waals surface area contributed by atoms with Gasteiger partial charge in [0.2, 0.25) is 0 Å². The van der Waals surface area contributed by atoms with Gasteiger partial charge in [-0.3, -0.25) is 0 Å². The third-order valence-electron chi connectivity index (χ3n) is 3.59. The van der Waals surface area contributed by atoms with Gasteiger partial charge in [0.15, 0.2) is 0 Å². The molecular formula is C12H19N3O. The Hall–Kier alpha value is -0.870. The first-order valence-electron chi connectivity index (χ1n) is 6.28. The van der Waals surface area contributed by atoms with E-state index in [9.17, 15) is 0 Å². The summed E-state index contributed by atoms with van der Waals surface area (Å²) in [5.74, 6) is 0. The topological polar surface area (TPSA) is 39.1 Å². The second-order valence-corrected chi connectivity index (χ2v) is 4.75. The first-order chi connectivity index (χ1) is 7.93. The van der Waals surface area contributed by atoms with Crippen molar-refractivity contribution < 1.29 is 4.74 Å². The highest BCUT2D eigenvalue weighted by atomic mass is 16.5. The van der Waals surface area contributed by atoms with Crippen LogP contribution in [-0.4, -0.2) is 28.8 Å². The summed E-state index contributed by atoms with van der Waals surface area (Å²) in [5, 5.41) is 3.52. The summed E-state index contributed by atoms with van der Waals surface area (Å²) in [6, 6.07) is 0.504. The second kappa shape index (κ2) is 4.55. The van der Waals surface area contributed by atoms with E-state index in [1.165, 1.54) is 31.4 Å². The largest absolute Gasteiger partial charge is 0.376 e. The quantitative estimate of drug-likeness (QED) is 0.840. The van der Waals surface area contributed by atoms with Crippen LogP contribution in [0.5, 0.6) is 0 Å². The molecule has 0 saturated carbocycles. The summed E-state index contributed by atoms with van der Waals surface area (Å²) in [4.78, 5) is 4.28. The molecule has 0 bridgehead atoms. The van der Waals surface area contributed by atoms with E-state index in [0.29, 0.717) is 12.1 Å². The Morgan fingerprint density at radius 2 is 2.44 bits per heavy atom. The van der Waals surface area contributed by atoms with E-state index in [4.69, 9.17) is 4.74 Å². The summed E-state index contributed by atoms with van der Waals surface area (Å²) >= 11 is 0. The molecule has 1 aromatic heterocycles. The number of rotatable bonds is 3. The van der Waals surface area contributed by atoms with Crippen molar-refractivity contribution in [2.24, 2.45) is 0 Å². The summed E-state index contributed by atoms with van der Waals surface area (Å²) in [6.45, 7) is 3.03. The summed E-state index contributed by atoms with van der Waals surface area (Å²) in [6.07, 6.45) is 9.24. The summed E-state index contributed by atoms with van der Waals surface area (Å²) in [5.41, 5.74) is 1.33. The minimum Gasteiger partial charge on any atom is -0.376 e. The van der Waals surface area contributed by atoms with Crippen LogP contribution >= 0.6 is 0 Å². The number of nitrogens with zero attached hydrogens (tertiary/aromatic N) is 2. The van der Waals surface area contributed by atoms with Gasteiger partial charge >= 0.3 is 0 Å². The molecule has 1 aromatic rings. The van der Waals surface area contributed by atoms with Crippen molar-refractivity contribution in [3.05, 3.63) is 18.2 Å². The van der Waals surface area contributed by atoms with E-state index in [2.05, 4.69) is 14.9 Å². The minimum atomic E-state index is 0.398. The van der Waals surface area contributed by atoms with E-state index < -0.39 is 0 Å². The fraction of sp³-hybridized carbons (Fsp3) is 0.750. The highest BCUT2D eigenvalue weighted by Crippen LogP contribution is 2.24. The molecule has 2 atom stereocenters. The molecule has 0 radical (unpaired) electrons. The predicted octanol–water partition coefficient (Wildman–Crippen LogP) is 1.49. The van der Waals surface area contributed by atoms with Crippen LogP contribution < -0.4 is 5.32 Å². The average Bonchev–Trinajstić information content (AvgIpc) is 2.98. The smallest absolute Gasteiger partial charge is 0.0949 e. The normalized spacial score (nSPS) is 30.0. The van der Waals surface area contributed by atoms with Gasteiger partial charge in [-0.05, 0) is 32.2 Å². The van der Waals surface area contributed by atoms with Gasteiger partial charge in [0.1, 0.15) is 0 Å². The monoisotopic (exact) mass is 221 g/mol. The second-order valence-electron chi connectivity index (χ2n) is 4.75. The molecule has 3 heterocycles. The van der Waals surface area contributed by atoms with E-state index in [0.717, 1.165) is 19.7 Å². The maximum atomic E-state index is 5.67. The molecule has 4 heteroatoms. The Morgan fingerprint density at radius 1 is 1.44 bits per heavy atom. The molecule has 3 rings (SSSR count).